The average Bonchev–Trinajstić information content (AvgIpc) is 3.36. The number of hydrogen-bond donors (Lipinski definition) is 0. The first-order valence-corrected chi connectivity index (χ1v) is 12.3. The van der Waals surface area contributed by atoms with Gasteiger partial charge in [-0.05, 0) is 42.5 Å². The van der Waals surface area contributed by atoms with Crippen LogP contribution in [0.25, 0.3) is 77.2 Å². The molecular weight excluding hydrogens is 454 g/mol. The molecule has 4 aromatic carbocycles. The molecule has 0 amide bonds. The minimum absolute atomic E-state index is 0.887. The van der Waals surface area contributed by atoms with Crippen LogP contribution in [0.3, 0.4) is 0 Å². The Morgan fingerprint density at radius 2 is 1.19 bits per heavy atom. The zero-order valence-electron chi connectivity index (χ0n) is 19.7. The van der Waals surface area contributed by atoms with E-state index in [1.54, 1.807) is 0 Å². The van der Waals surface area contributed by atoms with E-state index in [4.69, 9.17) is 14.4 Å². The van der Waals surface area contributed by atoms with E-state index in [1.165, 1.54) is 0 Å². The predicted molar refractivity (Wildman–Crippen MR) is 150 cm³/mol. The zero-order valence-corrected chi connectivity index (χ0v) is 19.7. The Kier molecular flexibility index (Phi) is 4.19. The zero-order chi connectivity index (χ0) is 24.3. The molecule has 0 radical (unpaired) electrons. The van der Waals surface area contributed by atoms with Crippen molar-refractivity contribution < 1.29 is 4.42 Å². The van der Waals surface area contributed by atoms with Crippen molar-refractivity contribution in [3.8, 4) is 22.5 Å². The highest BCUT2D eigenvalue weighted by atomic mass is 16.3. The van der Waals surface area contributed by atoms with Crippen LogP contribution in [0.1, 0.15) is 0 Å². The first-order chi connectivity index (χ1) is 18.3. The highest BCUT2D eigenvalue weighted by molar-refractivity contribution is 6.14. The van der Waals surface area contributed by atoms with E-state index in [9.17, 15) is 0 Å². The third-order valence-electron chi connectivity index (χ3n) is 7.12. The van der Waals surface area contributed by atoms with Gasteiger partial charge in [0, 0.05) is 44.3 Å². The van der Waals surface area contributed by atoms with Crippen LogP contribution in [0.15, 0.2) is 120 Å². The van der Waals surface area contributed by atoms with E-state index in [1.807, 2.05) is 30.5 Å². The molecule has 172 valence electrons. The summed E-state index contributed by atoms with van der Waals surface area (Å²) in [5.41, 5.74) is 8.53. The van der Waals surface area contributed by atoms with E-state index >= 15 is 0 Å². The summed E-state index contributed by atoms with van der Waals surface area (Å²) in [5, 5.41) is 5.45. The van der Waals surface area contributed by atoms with Crippen molar-refractivity contribution in [3.05, 3.63) is 115 Å². The molecule has 0 N–H and O–H groups in total. The molecule has 8 rings (SSSR count). The molecule has 0 atom stereocenters. The van der Waals surface area contributed by atoms with Crippen LogP contribution in [-0.4, -0.2) is 15.0 Å². The molecule has 0 saturated carbocycles. The summed E-state index contributed by atoms with van der Waals surface area (Å²) in [6.07, 6.45) is 1.82. The molecule has 0 fully saturated rings. The van der Waals surface area contributed by atoms with Crippen molar-refractivity contribution in [2.75, 3.05) is 0 Å². The maximum absolute atomic E-state index is 6.18. The lowest BCUT2D eigenvalue weighted by Gasteiger charge is -2.08. The lowest BCUT2D eigenvalue weighted by atomic mass is 10.0. The number of furan rings is 1. The lowest BCUT2D eigenvalue weighted by Crippen LogP contribution is -1.89. The van der Waals surface area contributed by atoms with Gasteiger partial charge in [0.05, 0.1) is 27.9 Å². The quantitative estimate of drug-likeness (QED) is 0.236. The number of benzene rings is 4. The van der Waals surface area contributed by atoms with Gasteiger partial charge in [-0.2, -0.15) is 0 Å². The van der Waals surface area contributed by atoms with Crippen molar-refractivity contribution in [3.63, 3.8) is 0 Å². The number of pyridine rings is 3. The lowest BCUT2D eigenvalue weighted by molar-refractivity contribution is 0.672. The molecule has 4 nitrogen and oxygen atoms in total. The van der Waals surface area contributed by atoms with Crippen LogP contribution >= 0.6 is 0 Å². The van der Waals surface area contributed by atoms with E-state index in [0.29, 0.717) is 0 Å². The Hall–Kier alpha value is -5.09. The number of hydrogen-bond acceptors (Lipinski definition) is 4. The summed E-state index contributed by atoms with van der Waals surface area (Å²) >= 11 is 0. The van der Waals surface area contributed by atoms with Gasteiger partial charge >= 0.3 is 0 Å². The van der Waals surface area contributed by atoms with Gasteiger partial charge in [-0.15, -0.1) is 0 Å². The molecule has 0 aliphatic carbocycles. The highest BCUT2D eigenvalue weighted by Gasteiger charge is 2.12. The van der Waals surface area contributed by atoms with Gasteiger partial charge < -0.3 is 4.42 Å². The fourth-order valence-electron chi connectivity index (χ4n) is 5.24. The summed E-state index contributed by atoms with van der Waals surface area (Å²) < 4.78 is 6.18. The SMILES string of the molecule is c1cnc2c(c1)ccc1ccc(-c3ccc(-c4ccc5c(ccc6c7ccccc7oc56)n4)cc3)nc12. The molecule has 4 heteroatoms. The number of para-hydroxylation sites is 1. The van der Waals surface area contributed by atoms with Crippen molar-refractivity contribution in [2.45, 2.75) is 0 Å². The van der Waals surface area contributed by atoms with Crippen molar-refractivity contribution in [1.29, 1.82) is 0 Å². The van der Waals surface area contributed by atoms with Crippen molar-refractivity contribution >= 4 is 54.6 Å². The van der Waals surface area contributed by atoms with Crippen LogP contribution < -0.4 is 0 Å². The van der Waals surface area contributed by atoms with Gasteiger partial charge in [-0.25, -0.2) is 9.97 Å². The van der Waals surface area contributed by atoms with Crippen LogP contribution in [-0.2, 0) is 0 Å². The Bertz CT molecular complexity index is 2140. The van der Waals surface area contributed by atoms with E-state index in [-0.39, 0.29) is 0 Å². The Morgan fingerprint density at radius 1 is 0.486 bits per heavy atom. The van der Waals surface area contributed by atoms with Gasteiger partial charge in [0.1, 0.15) is 11.2 Å². The Labute approximate surface area is 211 Å². The molecule has 4 heterocycles. The summed E-state index contributed by atoms with van der Waals surface area (Å²) in [4.78, 5) is 14.5. The van der Waals surface area contributed by atoms with Crippen molar-refractivity contribution in [2.24, 2.45) is 0 Å². The molecule has 8 aromatic rings. The smallest absolute Gasteiger partial charge is 0.144 e. The standard InChI is InChI=1S/C33H19N3O/c1-2-6-30-24(5-1)25-14-18-29-26(33(25)37-30)15-17-27(35-29)20-7-9-21(10-8-20)28-16-13-23-12-11-22-4-3-19-34-31(22)32(23)36-28/h1-19H. The van der Waals surface area contributed by atoms with Gasteiger partial charge in [0.25, 0.3) is 0 Å². The highest BCUT2D eigenvalue weighted by Crippen LogP contribution is 2.34. The number of aromatic nitrogens is 3. The number of fused-ring (bicyclic) bond motifs is 8. The molecule has 37 heavy (non-hydrogen) atoms. The van der Waals surface area contributed by atoms with E-state index in [0.717, 1.165) is 77.2 Å². The summed E-state index contributed by atoms with van der Waals surface area (Å²) in [7, 11) is 0. The molecular formula is C33H19N3O. The Morgan fingerprint density at radius 3 is 2.05 bits per heavy atom. The molecule has 4 aromatic heterocycles. The number of rotatable bonds is 2. The topological polar surface area (TPSA) is 51.8 Å². The van der Waals surface area contributed by atoms with Crippen LogP contribution in [0, 0.1) is 0 Å². The molecule has 0 saturated heterocycles. The van der Waals surface area contributed by atoms with Crippen LogP contribution in [0.2, 0.25) is 0 Å². The largest absolute Gasteiger partial charge is 0.455 e. The van der Waals surface area contributed by atoms with Gasteiger partial charge in [0.15, 0.2) is 0 Å². The summed E-state index contributed by atoms with van der Waals surface area (Å²) in [5.74, 6) is 0. The van der Waals surface area contributed by atoms with E-state index < -0.39 is 0 Å². The maximum Gasteiger partial charge on any atom is 0.144 e. The number of nitrogens with zero attached hydrogens (tertiary/aromatic N) is 3. The monoisotopic (exact) mass is 473 g/mol. The minimum atomic E-state index is 0.887. The fraction of sp³-hybridized carbons (Fsp3) is 0. The fourth-order valence-corrected chi connectivity index (χ4v) is 5.24. The first-order valence-electron chi connectivity index (χ1n) is 12.3. The third kappa shape index (κ3) is 3.13. The minimum Gasteiger partial charge on any atom is -0.455 e. The Balaban J connectivity index is 1.19. The second kappa shape index (κ2) is 7.70. The van der Waals surface area contributed by atoms with E-state index in [2.05, 4.69) is 89.9 Å². The van der Waals surface area contributed by atoms with Gasteiger partial charge in [0.2, 0.25) is 0 Å². The molecule has 0 unspecified atom stereocenters. The van der Waals surface area contributed by atoms with Crippen molar-refractivity contribution in [1.82, 2.24) is 15.0 Å². The van der Waals surface area contributed by atoms with Crippen LogP contribution in [0.5, 0.6) is 0 Å². The third-order valence-corrected chi connectivity index (χ3v) is 7.12. The van der Waals surface area contributed by atoms with Gasteiger partial charge in [-0.3, -0.25) is 4.98 Å². The average molecular weight is 474 g/mol. The maximum atomic E-state index is 6.18. The summed E-state index contributed by atoms with van der Waals surface area (Å²) in [6, 6.07) is 37.3. The molecule has 0 spiro atoms. The summed E-state index contributed by atoms with van der Waals surface area (Å²) in [6.45, 7) is 0. The second-order valence-electron chi connectivity index (χ2n) is 9.29. The first kappa shape index (κ1) is 20.1. The molecule has 0 aliphatic rings. The van der Waals surface area contributed by atoms with Crippen LogP contribution in [0.4, 0.5) is 0 Å². The predicted octanol–water partition coefficient (Wildman–Crippen LogP) is 8.56. The second-order valence-corrected chi connectivity index (χ2v) is 9.29. The van der Waals surface area contributed by atoms with Gasteiger partial charge in [-0.1, -0.05) is 66.7 Å². The normalized spacial score (nSPS) is 11.8. The molecule has 0 bridgehead atoms. The molecule has 0 aliphatic heterocycles.